The number of hydrogen-bond donors (Lipinski definition) is 2. The number of ether oxygens (including phenoxy) is 1. The first kappa shape index (κ1) is 17.5. The SMILES string of the molecule is Cc1ccccc1[C@@H](C)NCCCNC(=O)OC(C)(C)C. The Morgan fingerprint density at radius 1 is 1.24 bits per heavy atom. The van der Waals surface area contributed by atoms with Gasteiger partial charge in [-0.2, -0.15) is 0 Å². The Kier molecular flexibility index (Phi) is 6.69. The van der Waals surface area contributed by atoms with Crippen LogP contribution in [0.4, 0.5) is 4.79 Å². The maximum Gasteiger partial charge on any atom is 0.407 e. The quantitative estimate of drug-likeness (QED) is 0.788. The van der Waals surface area contributed by atoms with Crippen molar-refractivity contribution in [2.24, 2.45) is 0 Å². The fourth-order valence-corrected chi connectivity index (χ4v) is 2.09. The fraction of sp³-hybridized carbons (Fsp3) is 0.588. The molecule has 1 rings (SSSR count). The minimum atomic E-state index is -0.443. The lowest BCUT2D eigenvalue weighted by Crippen LogP contribution is -2.34. The van der Waals surface area contributed by atoms with Gasteiger partial charge in [-0.25, -0.2) is 4.79 Å². The second-order valence-corrected chi connectivity index (χ2v) is 6.31. The normalized spacial score (nSPS) is 12.8. The maximum atomic E-state index is 11.5. The number of carbonyl (C=O) groups excluding carboxylic acids is 1. The van der Waals surface area contributed by atoms with E-state index in [9.17, 15) is 4.79 Å². The first-order chi connectivity index (χ1) is 9.79. The fourth-order valence-electron chi connectivity index (χ4n) is 2.09. The second kappa shape index (κ2) is 8.03. The number of aryl methyl sites for hydroxylation is 1. The highest BCUT2D eigenvalue weighted by atomic mass is 16.6. The summed E-state index contributed by atoms with van der Waals surface area (Å²) in [7, 11) is 0. The number of benzene rings is 1. The highest BCUT2D eigenvalue weighted by Gasteiger charge is 2.15. The van der Waals surface area contributed by atoms with Crippen molar-refractivity contribution in [2.45, 2.75) is 52.7 Å². The molecule has 118 valence electrons. The van der Waals surface area contributed by atoms with Crippen LogP contribution in [-0.4, -0.2) is 24.8 Å². The second-order valence-electron chi connectivity index (χ2n) is 6.31. The van der Waals surface area contributed by atoms with E-state index in [1.165, 1.54) is 11.1 Å². The number of alkyl carbamates (subject to hydrolysis) is 1. The molecular formula is C17H28N2O2. The molecule has 1 aromatic rings. The van der Waals surface area contributed by atoms with E-state index in [1.54, 1.807) is 0 Å². The summed E-state index contributed by atoms with van der Waals surface area (Å²) >= 11 is 0. The topological polar surface area (TPSA) is 50.4 Å². The first-order valence-corrected chi connectivity index (χ1v) is 7.55. The third-order valence-electron chi connectivity index (χ3n) is 3.13. The third-order valence-corrected chi connectivity index (χ3v) is 3.13. The monoisotopic (exact) mass is 292 g/mol. The number of nitrogens with one attached hydrogen (secondary N) is 2. The minimum Gasteiger partial charge on any atom is -0.444 e. The highest BCUT2D eigenvalue weighted by Crippen LogP contribution is 2.16. The van der Waals surface area contributed by atoms with Gasteiger partial charge >= 0.3 is 6.09 Å². The van der Waals surface area contributed by atoms with E-state index in [2.05, 4.69) is 48.7 Å². The molecule has 0 aliphatic heterocycles. The molecule has 1 atom stereocenters. The van der Waals surface area contributed by atoms with Crippen LogP contribution in [0.5, 0.6) is 0 Å². The molecule has 0 aliphatic carbocycles. The summed E-state index contributed by atoms with van der Waals surface area (Å²) in [5, 5.41) is 6.23. The molecule has 0 saturated heterocycles. The Hall–Kier alpha value is -1.55. The van der Waals surface area contributed by atoms with Crippen molar-refractivity contribution in [1.82, 2.24) is 10.6 Å². The molecule has 0 aromatic heterocycles. The molecule has 1 aromatic carbocycles. The van der Waals surface area contributed by atoms with E-state index < -0.39 is 5.60 Å². The van der Waals surface area contributed by atoms with Crippen LogP contribution >= 0.6 is 0 Å². The largest absolute Gasteiger partial charge is 0.444 e. The van der Waals surface area contributed by atoms with E-state index >= 15 is 0 Å². The van der Waals surface area contributed by atoms with Gasteiger partial charge in [-0.3, -0.25) is 0 Å². The molecule has 2 N–H and O–H groups in total. The van der Waals surface area contributed by atoms with E-state index in [1.807, 2.05) is 20.8 Å². The van der Waals surface area contributed by atoms with E-state index in [4.69, 9.17) is 4.74 Å². The molecule has 4 nitrogen and oxygen atoms in total. The summed E-state index contributed by atoms with van der Waals surface area (Å²) in [5.74, 6) is 0. The molecule has 0 unspecified atom stereocenters. The zero-order chi connectivity index (χ0) is 15.9. The van der Waals surface area contributed by atoms with Crippen LogP contribution in [0, 0.1) is 6.92 Å². The van der Waals surface area contributed by atoms with Crippen LogP contribution in [0.15, 0.2) is 24.3 Å². The molecule has 0 aliphatic rings. The van der Waals surface area contributed by atoms with Crippen molar-refractivity contribution in [2.75, 3.05) is 13.1 Å². The highest BCUT2D eigenvalue weighted by molar-refractivity contribution is 5.67. The summed E-state index contributed by atoms with van der Waals surface area (Å²) in [5.41, 5.74) is 2.17. The molecule has 0 heterocycles. The van der Waals surface area contributed by atoms with E-state index in [0.717, 1.165) is 13.0 Å². The van der Waals surface area contributed by atoms with Crippen LogP contribution < -0.4 is 10.6 Å². The predicted octanol–water partition coefficient (Wildman–Crippen LogP) is 3.56. The van der Waals surface area contributed by atoms with Crippen LogP contribution in [0.3, 0.4) is 0 Å². The van der Waals surface area contributed by atoms with Gasteiger partial charge in [-0.05, 0) is 58.7 Å². The van der Waals surface area contributed by atoms with Gasteiger partial charge in [0.25, 0.3) is 0 Å². The molecule has 4 heteroatoms. The average molecular weight is 292 g/mol. The lowest BCUT2D eigenvalue weighted by atomic mass is 10.0. The van der Waals surface area contributed by atoms with Crippen molar-refractivity contribution in [3.63, 3.8) is 0 Å². The average Bonchev–Trinajstić information content (AvgIpc) is 2.36. The maximum absolute atomic E-state index is 11.5. The zero-order valence-electron chi connectivity index (χ0n) is 13.8. The van der Waals surface area contributed by atoms with E-state index in [0.29, 0.717) is 12.6 Å². The van der Waals surface area contributed by atoms with Gasteiger partial charge in [-0.1, -0.05) is 24.3 Å². The Morgan fingerprint density at radius 2 is 1.90 bits per heavy atom. The molecular weight excluding hydrogens is 264 g/mol. The van der Waals surface area contributed by atoms with Crippen LogP contribution in [0.25, 0.3) is 0 Å². The predicted molar refractivity (Wildman–Crippen MR) is 86.5 cm³/mol. The van der Waals surface area contributed by atoms with Gasteiger partial charge in [0.1, 0.15) is 5.60 Å². The number of carbonyl (C=O) groups is 1. The lowest BCUT2D eigenvalue weighted by molar-refractivity contribution is 0.0527. The smallest absolute Gasteiger partial charge is 0.407 e. The zero-order valence-corrected chi connectivity index (χ0v) is 13.8. The van der Waals surface area contributed by atoms with Crippen molar-refractivity contribution < 1.29 is 9.53 Å². The lowest BCUT2D eigenvalue weighted by Gasteiger charge is -2.20. The molecule has 21 heavy (non-hydrogen) atoms. The molecule has 0 spiro atoms. The van der Waals surface area contributed by atoms with Gasteiger partial charge < -0.3 is 15.4 Å². The Balaban J connectivity index is 2.20. The molecule has 1 amide bonds. The van der Waals surface area contributed by atoms with Crippen LogP contribution in [0.1, 0.15) is 51.3 Å². The third kappa shape index (κ3) is 7.14. The van der Waals surface area contributed by atoms with Gasteiger partial charge in [0, 0.05) is 12.6 Å². The van der Waals surface area contributed by atoms with Gasteiger partial charge in [0.15, 0.2) is 0 Å². The summed E-state index contributed by atoms with van der Waals surface area (Å²) < 4.78 is 5.18. The number of rotatable bonds is 6. The standard InChI is InChI=1S/C17H28N2O2/c1-13-9-6-7-10-15(13)14(2)18-11-8-12-19-16(20)21-17(3,4)5/h6-7,9-10,14,18H,8,11-12H2,1-5H3,(H,19,20)/t14-/m1/s1. The van der Waals surface area contributed by atoms with Crippen molar-refractivity contribution in [3.8, 4) is 0 Å². The summed E-state index contributed by atoms with van der Waals surface area (Å²) in [6.07, 6.45) is 0.518. The summed E-state index contributed by atoms with van der Waals surface area (Å²) in [6.45, 7) is 11.3. The van der Waals surface area contributed by atoms with Crippen molar-refractivity contribution >= 4 is 6.09 Å². The minimum absolute atomic E-state index is 0.313. The molecule has 0 bridgehead atoms. The Bertz CT molecular complexity index is 452. The van der Waals surface area contributed by atoms with Crippen molar-refractivity contribution in [3.05, 3.63) is 35.4 Å². The van der Waals surface area contributed by atoms with Crippen molar-refractivity contribution in [1.29, 1.82) is 0 Å². The molecule has 0 fully saturated rings. The first-order valence-electron chi connectivity index (χ1n) is 7.55. The van der Waals surface area contributed by atoms with Crippen LogP contribution in [-0.2, 0) is 4.74 Å². The number of hydrogen-bond acceptors (Lipinski definition) is 3. The van der Waals surface area contributed by atoms with Crippen LogP contribution in [0.2, 0.25) is 0 Å². The number of amides is 1. The van der Waals surface area contributed by atoms with Gasteiger partial charge in [-0.15, -0.1) is 0 Å². The van der Waals surface area contributed by atoms with Gasteiger partial charge in [0.2, 0.25) is 0 Å². The summed E-state index contributed by atoms with van der Waals surface area (Å²) in [6, 6.07) is 8.69. The van der Waals surface area contributed by atoms with E-state index in [-0.39, 0.29) is 6.09 Å². The Labute approximate surface area is 128 Å². The van der Waals surface area contributed by atoms with Gasteiger partial charge in [0.05, 0.1) is 0 Å². The molecule has 0 saturated carbocycles. The molecule has 0 radical (unpaired) electrons. The Morgan fingerprint density at radius 3 is 2.52 bits per heavy atom. The summed E-state index contributed by atoms with van der Waals surface area (Å²) in [4.78, 5) is 11.5.